The Morgan fingerprint density at radius 2 is 1.69 bits per heavy atom. The van der Waals surface area contributed by atoms with E-state index in [1.807, 2.05) is 60.8 Å². The molecule has 0 saturated carbocycles. The zero-order valence-corrected chi connectivity index (χ0v) is 17.7. The fourth-order valence-corrected chi connectivity index (χ4v) is 3.16. The van der Waals surface area contributed by atoms with Crippen LogP contribution in [-0.4, -0.2) is 36.1 Å². The summed E-state index contributed by atoms with van der Waals surface area (Å²) in [6.45, 7) is 0. The third-order valence-electron chi connectivity index (χ3n) is 4.83. The number of amides is 1. The molecule has 0 aliphatic rings. The molecule has 0 spiro atoms. The van der Waals surface area contributed by atoms with Gasteiger partial charge in [-0.25, -0.2) is 10.1 Å². The summed E-state index contributed by atoms with van der Waals surface area (Å²) in [6.07, 6.45) is 3.45. The zero-order valence-electron chi connectivity index (χ0n) is 17.7. The van der Waals surface area contributed by atoms with Gasteiger partial charge < -0.3 is 9.47 Å². The first-order valence-corrected chi connectivity index (χ1v) is 9.95. The van der Waals surface area contributed by atoms with Gasteiger partial charge in [0, 0.05) is 22.9 Å². The van der Waals surface area contributed by atoms with Gasteiger partial charge in [0.15, 0.2) is 0 Å². The Morgan fingerprint density at radius 3 is 2.41 bits per heavy atom. The second kappa shape index (κ2) is 9.61. The molecule has 0 aliphatic heterocycles. The molecule has 4 rings (SSSR count). The van der Waals surface area contributed by atoms with Crippen molar-refractivity contribution in [3.63, 3.8) is 0 Å². The molecular weight excluding hydrogens is 404 g/mol. The van der Waals surface area contributed by atoms with Crippen LogP contribution in [-0.2, 0) is 0 Å². The number of benzene rings is 3. The molecular formula is C25H22N4O3. The number of nitrogens with zero attached hydrogens (tertiary/aromatic N) is 3. The smallest absolute Gasteiger partial charge is 0.271 e. The molecule has 0 atom stereocenters. The van der Waals surface area contributed by atoms with Gasteiger partial charge in [-0.1, -0.05) is 30.3 Å². The third kappa shape index (κ3) is 4.67. The van der Waals surface area contributed by atoms with Crippen LogP contribution in [0.15, 0.2) is 90.2 Å². The summed E-state index contributed by atoms with van der Waals surface area (Å²) in [6, 6.07) is 24.2. The molecule has 32 heavy (non-hydrogen) atoms. The number of para-hydroxylation sites is 1. The highest BCUT2D eigenvalue weighted by Crippen LogP contribution is 2.26. The zero-order chi connectivity index (χ0) is 22.3. The molecule has 0 aliphatic carbocycles. The summed E-state index contributed by atoms with van der Waals surface area (Å²) in [5, 5.41) is 8.90. The van der Waals surface area contributed by atoms with Gasteiger partial charge in [-0.3, -0.25) is 4.79 Å². The summed E-state index contributed by atoms with van der Waals surface area (Å²) in [5.41, 5.74) is 6.30. The van der Waals surface area contributed by atoms with Gasteiger partial charge in [0.1, 0.15) is 17.2 Å². The predicted molar refractivity (Wildman–Crippen MR) is 124 cm³/mol. The highest BCUT2D eigenvalue weighted by atomic mass is 16.5. The Labute approximate surface area is 185 Å². The van der Waals surface area contributed by atoms with Crippen molar-refractivity contribution in [3.05, 3.63) is 96.2 Å². The summed E-state index contributed by atoms with van der Waals surface area (Å²) in [4.78, 5) is 12.4. The Morgan fingerprint density at radius 1 is 0.938 bits per heavy atom. The highest BCUT2D eigenvalue weighted by Gasteiger charge is 2.12. The third-order valence-corrected chi connectivity index (χ3v) is 4.83. The van der Waals surface area contributed by atoms with E-state index in [2.05, 4.69) is 10.5 Å². The molecule has 7 heteroatoms. The molecule has 0 radical (unpaired) electrons. The maximum Gasteiger partial charge on any atom is 0.271 e. The first-order valence-electron chi connectivity index (χ1n) is 9.95. The molecule has 1 amide bonds. The van der Waals surface area contributed by atoms with Crippen LogP contribution in [0.3, 0.4) is 0 Å². The van der Waals surface area contributed by atoms with Crippen molar-refractivity contribution < 1.29 is 14.3 Å². The topological polar surface area (TPSA) is 77.7 Å². The predicted octanol–water partition coefficient (Wildman–Crippen LogP) is 4.32. The number of hydrogen-bond donors (Lipinski definition) is 1. The number of hydrazone groups is 1. The van der Waals surface area contributed by atoms with Gasteiger partial charge >= 0.3 is 0 Å². The molecule has 1 heterocycles. The first kappa shape index (κ1) is 20.9. The molecule has 0 saturated heterocycles. The van der Waals surface area contributed by atoms with Crippen LogP contribution in [0, 0.1) is 0 Å². The van der Waals surface area contributed by atoms with Gasteiger partial charge in [0.25, 0.3) is 5.91 Å². The fourth-order valence-electron chi connectivity index (χ4n) is 3.16. The normalized spacial score (nSPS) is 10.8. The van der Waals surface area contributed by atoms with E-state index in [0.717, 1.165) is 28.3 Å². The second-order valence-corrected chi connectivity index (χ2v) is 6.87. The average Bonchev–Trinajstić information content (AvgIpc) is 3.29. The van der Waals surface area contributed by atoms with Crippen LogP contribution in [0.25, 0.3) is 16.9 Å². The van der Waals surface area contributed by atoms with E-state index in [1.54, 1.807) is 49.4 Å². The van der Waals surface area contributed by atoms with Gasteiger partial charge in [0.05, 0.1) is 26.1 Å². The number of aromatic nitrogens is 2. The maximum atomic E-state index is 12.4. The molecule has 0 bridgehead atoms. The lowest BCUT2D eigenvalue weighted by molar-refractivity contribution is 0.0955. The minimum atomic E-state index is -0.317. The van der Waals surface area contributed by atoms with Crippen LogP contribution < -0.4 is 14.9 Å². The van der Waals surface area contributed by atoms with Gasteiger partial charge in [-0.2, -0.15) is 10.2 Å². The monoisotopic (exact) mass is 426 g/mol. The maximum absolute atomic E-state index is 12.4. The quantitative estimate of drug-likeness (QED) is 0.353. The number of methoxy groups -OCH3 is 2. The van der Waals surface area contributed by atoms with E-state index in [0.29, 0.717) is 11.3 Å². The average molecular weight is 426 g/mol. The summed E-state index contributed by atoms with van der Waals surface area (Å²) in [7, 11) is 3.20. The van der Waals surface area contributed by atoms with Gasteiger partial charge in [0.2, 0.25) is 0 Å². The van der Waals surface area contributed by atoms with E-state index in [4.69, 9.17) is 14.6 Å². The molecule has 1 aromatic heterocycles. The Bertz CT molecular complexity index is 1230. The second-order valence-electron chi connectivity index (χ2n) is 6.87. The summed E-state index contributed by atoms with van der Waals surface area (Å²) >= 11 is 0. The molecule has 160 valence electrons. The van der Waals surface area contributed by atoms with Crippen molar-refractivity contribution in [2.45, 2.75) is 0 Å². The van der Waals surface area contributed by atoms with Crippen LogP contribution in [0.2, 0.25) is 0 Å². The minimum Gasteiger partial charge on any atom is -0.497 e. The van der Waals surface area contributed by atoms with Crippen molar-refractivity contribution in [1.29, 1.82) is 0 Å². The lowest BCUT2D eigenvalue weighted by atomic mass is 10.1. The van der Waals surface area contributed by atoms with Gasteiger partial charge in [-0.05, 0) is 48.5 Å². The highest BCUT2D eigenvalue weighted by molar-refractivity contribution is 5.95. The molecule has 3 aromatic carbocycles. The Kier molecular flexibility index (Phi) is 6.27. The molecule has 0 unspecified atom stereocenters. The molecule has 4 aromatic rings. The lowest BCUT2D eigenvalue weighted by Gasteiger charge is -2.04. The molecule has 1 N–H and O–H groups in total. The number of rotatable bonds is 7. The fraction of sp³-hybridized carbons (Fsp3) is 0.0800. The minimum absolute atomic E-state index is 0.317. The van der Waals surface area contributed by atoms with E-state index in [9.17, 15) is 4.79 Å². The summed E-state index contributed by atoms with van der Waals surface area (Å²) in [5.74, 6) is 1.09. The van der Waals surface area contributed by atoms with Crippen LogP contribution >= 0.6 is 0 Å². The van der Waals surface area contributed by atoms with E-state index < -0.39 is 0 Å². The van der Waals surface area contributed by atoms with Crippen molar-refractivity contribution >= 4 is 12.1 Å². The molecule has 7 nitrogen and oxygen atoms in total. The lowest BCUT2D eigenvalue weighted by Crippen LogP contribution is -2.17. The van der Waals surface area contributed by atoms with Crippen LogP contribution in [0.1, 0.15) is 15.9 Å². The number of hydrogen-bond acceptors (Lipinski definition) is 5. The standard InChI is InChI=1S/C25H22N4O3/c1-31-22-13-11-18(12-14-22)25(30)27-26-16-20-17-29(21-8-4-3-5-9-21)28-24(20)19-7-6-10-23(15-19)32-2/h3-17H,1-2H3,(H,27,30). The van der Waals surface area contributed by atoms with Crippen molar-refractivity contribution in [2.24, 2.45) is 5.10 Å². The van der Waals surface area contributed by atoms with E-state index in [1.165, 1.54) is 0 Å². The van der Waals surface area contributed by atoms with Crippen LogP contribution in [0.5, 0.6) is 11.5 Å². The van der Waals surface area contributed by atoms with Crippen molar-refractivity contribution in [1.82, 2.24) is 15.2 Å². The van der Waals surface area contributed by atoms with Crippen molar-refractivity contribution in [2.75, 3.05) is 14.2 Å². The Hall–Kier alpha value is -4.39. The van der Waals surface area contributed by atoms with E-state index in [-0.39, 0.29) is 5.91 Å². The number of nitrogens with one attached hydrogen (secondary N) is 1. The van der Waals surface area contributed by atoms with Crippen LogP contribution in [0.4, 0.5) is 0 Å². The summed E-state index contributed by atoms with van der Waals surface area (Å²) < 4.78 is 12.2. The van der Waals surface area contributed by atoms with Gasteiger partial charge in [-0.15, -0.1) is 0 Å². The Balaban J connectivity index is 1.62. The SMILES string of the molecule is COc1ccc(C(=O)NN=Cc2cn(-c3ccccc3)nc2-c2cccc(OC)c2)cc1. The number of ether oxygens (including phenoxy) is 2. The number of carbonyl (C=O) groups is 1. The number of carbonyl (C=O) groups excluding carboxylic acids is 1. The van der Waals surface area contributed by atoms with E-state index >= 15 is 0 Å². The first-order chi connectivity index (χ1) is 15.7. The van der Waals surface area contributed by atoms with Crippen molar-refractivity contribution in [3.8, 4) is 28.4 Å². The largest absolute Gasteiger partial charge is 0.497 e. The molecule has 0 fully saturated rings.